The van der Waals surface area contributed by atoms with E-state index in [0.717, 1.165) is 24.1 Å². The molecule has 1 aliphatic rings. The van der Waals surface area contributed by atoms with Crippen LogP contribution in [0.3, 0.4) is 0 Å². The van der Waals surface area contributed by atoms with Crippen LogP contribution in [0.4, 0.5) is 4.79 Å². The minimum atomic E-state index is -0.305. The SMILES string of the molecule is CC(Oc1cnc(-c2ccnnc2)cn1)C1CCN(C(=O)Oc2ccccc2)CC1. The van der Waals surface area contributed by atoms with Crippen LogP contribution in [0.2, 0.25) is 0 Å². The minimum absolute atomic E-state index is 0.0277. The van der Waals surface area contributed by atoms with Crippen molar-refractivity contribution in [3.8, 4) is 22.9 Å². The molecule has 4 rings (SSSR count). The molecular weight excluding hydrogens is 382 g/mol. The number of amides is 1. The van der Waals surface area contributed by atoms with Crippen molar-refractivity contribution in [3.05, 3.63) is 61.2 Å². The second kappa shape index (κ2) is 9.30. The number of nitrogens with zero attached hydrogens (tertiary/aromatic N) is 5. The molecule has 0 aliphatic carbocycles. The van der Waals surface area contributed by atoms with E-state index in [-0.39, 0.29) is 12.2 Å². The van der Waals surface area contributed by atoms with Crippen molar-refractivity contribution < 1.29 is 14.3 Å². The molecule has 8 heteroatoms. The Morgan fingerprint density at radius 3 is 2.50 bits per heavy atom. The summed E-state index contributed by atoms with van der Waals surface area (Å²) in [4.78, 5) is 22.8. The van der Waals surface area contributed by atoms with Gasteiger partial charge in [0.2, 0.25) is 5.88 Å². The van der Waals surface area contributed by atoms with Gasteiger partial charge in [-0.25, -0.2) is 14.8 Å². The highest BCUT2D eigenvalue weighted by Gasteiger charge is 2.28. The summed E-state index contributed by atoms with van der Waals surface area (Å²) in [6.07, 6.45) is 7.91. The largest absolute Gasteiger partial charge is 0.473 e. The normalized spacial score (nSPS) is 15.4. The van der Waals surface area contributed by atoms with Crippen molar-refractivity contribution in [2.75, 3.05) is 13.1 Å². The molecule has 30 heavy (non-hydrogen) atoms. The van der Waals surface area contributed by atoms with Crippen LogP contribution in [0.25, 0.3) is 11.3 Å². The lowest BCUT2D eigenvalue weighted by atomic mass is 9.92. The molecule has 3 heterocycles. The standard InChI is InChI=1S/C22H23N5O3/c1-16(29-21-15-23-20(14-24-21)18-7-10-25-26-13-18)17-8-11-27(12-9-17)22(28)30-19-5-3-2-4-6-19/h2-7,10,13-17H,8-9,11-12H2,1H3. The summed E-state index contributed by atoms with van der Waals surface area (Å²) >= 11 is 0. The van der Waals surface area contributed by atoms with Gasteiger partial charge in [0.25, 0.3) is 0 Å². The van der Waals surface area contributed by atoms with E-state index >= 15 is 0 Å². The number of piperidine rings is 1. The van der Waals surface area contributed by atoms with Crippen LogP contribution >= 0.6 is 0 Å². The van der Waals surface area contributed by atoms with E-state index < -0.39 is 0 Å². The van der Waals surface area contributed by atoms with E-state index in [1.807, 2.05) is 31.2 Å². The zero-order chi connectivity index (χ0) is 20.8. The first kappa shape index (κ1) is 19.8. The fourth-order valence-electron chi connectivity index (χ4n) is 3.46. The quantitative estimate of drug-likeness (QED) is 0.640. The molecule has 0 N–H and O–H groups in total. The summed E-state index contributed by atoms with van der Waals surface area (Å²) in [7, 11) is 0. The minimum Gasteiger partial charge on any atom is -0.473 e. The van der Waals surface area contributed by atoms with Crippen LogP contribution in [0.5, 0.6) is 11.6 Å². The maximum atomic E-state index is 12.3. The Labute approximate surface area is 174 Å². The van der Waals surface area contributed by atoms with Gasteiger partial charge < -0.3 is 14.4 Å². The summed E-state index contributed by atoms with van der Waals surface area (Å²) in [6, 6.07) is 11.0. The van der Waals surface area contributed by atoms with E-state index in [2.05, 4.69) is 20.2 Å². The predicted molar refractivity (Wildman–Crippen MR) is 110 cm³/mol. The number of aromatic nitrogens is 4. The Morgan fingerprint density at radius 1 is 1.03 bits per heavy atom. The average Bonchev–Trinajstić information content (AvgIpc) is 2.81. The van der Waals surface area contributed by atoms with E-state index in [1.54, 1.807) is 41.8 Å². The van der Waals surface area contributed by atoms with Crippen molar-refractivity contribution in [3.63, 3.8) is 0 Å². The maximum absolute atomic E-state index is 12.3. The molecule has 1 unspecified atom stereocenters. The first-order valence-electron chi connectivity index (χ1n) is 9.96. The average molecular weight is 405 g/mol. The van der Waals surface area contributed by atoms with Gasteiger partial charge in [-0.2, -0.15) is 10.2 Å². The summed E-state index contributed by atoms with van der Waals surface area (Å²) in [5, 5.41) is 7.61. The zero-order valence-corrected chi connectivity index (χ0v) is 16.7. The maximum Gasteiger partial charge on any atom is 0.415 e. The Kier molecular flexibility index (Phi) is 6.12. The number of hydrogen-bond donors (Lipinski definition) is 0. The Bertz CT molecular complexity index is 946. The van der Waals surface area contributed by atoms with Gasteiger partial charge in [-0.15, -0.1) is 0 Å². The molecular formula is C22H23N5O3. The highest BCUT2D eigenvalue weighted by molar-refractivity contribution is 5.70. The summed E-state index contributed by atoms with van der Waals surface area (Å²) in [5.74, 6) is 1.38. The molecule has 3 aromatic rings. The number of para-hydroxylation sites is 1. The number of benzene rings is 1. The molecule has 1 atom stereocenters. The van der Waals surface area contributed by atoms with Crippen molar-refractivity contribution in [1.29, 1.82) is 0 Å². The first-order chi connectivity index (χ1) is 14.7. The highest BCUT2D eigenvalue weighted by Crippen LogP contribution is 2.25. The van der Waals surface area contributed by atoms with Gasteiger partial charge in [-0.05, 0) is 43.9 Å². The molecule has 0 spiro atoms. The predicted octanol–water partition coefficient (Wildman–Crippen LogP) is 3.61. The van der Waals surface area contributed by atoms with Crippen molar-refractivity contribution in [2.24, 2.45) is 5.92 Å². The van der Waals surface area contributed by atoms with Crippen molar-refractivity contribution >= 4 is 6.09 Å². The topological polar surface area (TPSA) is 90.3 Å². The third kappa shape index (κ3) is 4.89. The number of likely N-dealkylation sites (tertiary alicyclic amines) is 1. The second-order valence-electron chi connectivity index (χ2n) is 7.20. The number of carbonyl (C=O) groups is 1. The van der Waals surface area contributed by atoms with Gasteiger partial charge in [0.15, 0.2) is 0 Å². The summed E-state index contributed by atoms with van der Waals surface area (Å²) < 4.78 is 11.4. The fraction of sp³-hybridized carbons (Fsp3) is 0.318. The Morgan fingerprint density at radius 2 is 1.83 bits per heavy atom. The molecule has 2 aromatic heterocycles. The van der Waals surface area contributed by atoms with Gasteiger partial charge in [-0.3, -0.25) is 0 Å². The van der Waals surface area contributed by atoms with E-state index in [4.69, 9.17) is 9.47 Å². The molecule has 1 aliphatic heterocycles. The summed E-state index contributed by atoms with van der Waals surface area (Å²) in [5.41, 5.74) is 1.57. The van der Waals surface area contributed by atoms with E-state index in [0.29, 0.717) is 30.6 Å². The lowest BCUT2D eigenvalue weighted by Gasteiger charge is -2.34. The van der Waals surface area contributed by atoms with Crippen LogP contribution in [0.15, 0.2) is 61.2 Å². The first-order valence-corrected chi connectivity index (χ1v) is 9.96. The summed E-state index contributed by atoms with van der Waals surface area (Å²) in [6.45, 7) is 3.32. The van der Waals surface area contributed by atoms with E-state index in [9.17, 15) is 4.79 Å². The molecule has 0 radical (unpaired) electrons. The van der Waals surface area contributed by atoms with Gasteiger partial charge in [0, 0.05) is 18.7 Å². The zero-order valence-electron chi connectivity index (χ0n) is 16.7. The van der Waals surface area contributed by atoms with E-state index in [1.165, 1.54) is 0 Å². The number of rotatable bonds is 5. The molecule has 1 saturated heterocycles. The van der Waals surface area contributed by atoms with Crippen LogP contribution in [-0.4, -0.2) is 50.4 Å². The van der Waals surface area contributed by atoms with Crippen LogP contribution in [-0.2, 0) is 0 Å². The number of ether oxygens (including phenoxy) is 2. The van der Waals surface area contributed by atoms with Gasteiger partial charge in [0.05, 0.1) is 30.5 Å². The molecule has 1 amide bonds. The second-order valence-corrected chi connectivity index (χ2v) is 7.20. The molecule has 1 aromatic carbocycles. The van der Waals surface area contributed by atoms with Crippen LogP contribution < -0.4 is 9.47 Å². The lowest BCUT2D eigenvalue weighted by molar-refractivity contribution is 0.0814. The monoisotopic (exact) mass is 405 g/mol. The molecule has 154 valence electrons. The smallest absolute Gasteiger partial charge is 0.415 e. The number of carbonyl (C=O) groups excluding carboxylic acids is 1. The third-order valence-corrected chi connectivity index (χ3v) is 5.22. The third-order valence-electron chi connectivity index (χ3n) is 5.22. The van der Waals surface area contributed by atoms with Gasteiger partial charge in [-0.1, -0.05) is 18.2 Å². The number of hydrogen-bond acceptors (Lipinski definition) is 7. The van der Waals surface area contributed by atoms with Crippen molar-refractivity contribution in [1.82, 2.24) is 25.1 Å². The van der Waals surface area contributed by atoms with Gasteiger partial charge in [0.1, 0.15) is 11.9 Å². The molecule has 1 fully saturated rings. The Balaban J connectivity index is 1.27. The van der Waals surface area contributed by atoms with Crippen LogP contribution in [0, 0.1) is 5.92 Å². The molecule has 8 nitrogen and oxygen atoms in total. The molecule has 0 saturated carbocycles. The fourth-order valence-corrected chi connectivity index (χ4v) is 3.46. The Hall–Kier alpha value is -3.55. The molecule has 0 bridgehead atoms. The van der Waals surface area contributed by atoms with Crippen LogP contribution in [0.1, 0.15) is 19.8 Å². The van der Waals surface area contributed by atoms with Gasteiger partial charge >= 0.3 is 6.09 Å². The highest BCUT2D eigenvalue weighted by atomic mass is 16.6. The lowest BCUT2D eigenvalue weighted by Crippen LogP contribution is -2.43. The van der Waals surface area contributed by atoms with Crippen molar-refractivity contribution in [2.45, 2.75) is 25.9 Å².